The number of hydrogen-bond donors (Lipinski definition) is 1. The smallest absolute Gasteiger partial charge is 0.255 e. The number of nitrogens with zero attached hydrogens (tertiary/aromatic N) is 1. The minimum atomic E-state index is 0. The van der Waals surface area contributed by atoms with Crippen molar-refractivity contribution < 1.29 is 4.79 Å². The Morgan fingerprint density at radius 2 is 2.12 bits per heavy atom. The second-order valence-corrected chi connectivity index (χ2v) is 4.23. The van der Waals surface area contributed by atoms with Crippen molar-refractivity contribution in [2.75, 3.05) is 18.8 Å². The molecule has 4 heteroatoms. The number of hydrogen-bond acceptors (Lipinski definition) is 2. The second kappa shape index (κ2) is 5.21. The van der Waals surface area contributed by atoms with Crippen molar-refractivity contribution in [1.82, 2.24) is 4.90 Å². The number of nitrogens with two attached hydrogens (primary N) is 1. The molecule has 1 aliphatic rings. The Balaban J connectivity index is 0.00000128. The molecule has 1 saturated heterocycles. The van der Waals surface area contributed by atoms with E-state index in [9.17, 15) is 4.79 Å². The van der Waals surface area contributed by atoms with E-state index in [1.807, 2.05) is 17.0 Å². The molecule has 2 N–H and O–H groups in total. The molecule has 1 aliphatic heterocycles. The molecule has 88 valence electrons. The van der Waals surface area contributed by atoms with Crippen LogP contribution in [0.2, 0.25) is 0 Å². The lowest BCUT2D eigenvalue weighted by atomic mass is 10.1. The maximum absolute atomic E-state index is 12.1. The SMILES string of the molecule is CC1CCN(C(=O)c2ccccc2N)C1.Cl. The minimum Gasteiger partial charge on any atom is -0.398 e. The Bertz CT molecular complexity index is 381. The second-order valence-electron chi connectivity index (χ2n) is 4.23. The molecule has 1 atom stereocenters. The lowest BCUT2D eigenvalue weighted by molar-refractivity contribution is 0.0789. The van der Waals surface area contributed by atoms with Gasteiger partial charge in [0.15, 0.2) is 0 Å². The molecule has 1 aromatic carbocycles. The zero-order valence-electron chi connectivity index (χ0n) is 9.35. The van der Waals surface area contributed by atoms with Gasteiger partial charge in [0.05, 0.1) is 5.56 Å². The molecule has 1 amide bonds. The van der Waals surface area contributed by atoms with E-state index in [2.05, 4.69) is 6.92 Å². The largest absolute Gasteiger partial charge is 0.398 e. The van der Waals surface area contributed by atoms with Crippen LogP contribution in [0.1, 0.15) is 23.7 Å². The van der Waals surface area contributed by atoms with E-state index in [1.165, 1.54) is 0 Å². The van der Waals surface area contributed by atoms with Gasteiger partial charge < -0.3 is 10.6 Å². The van der Waals surface area contributed by atoms with Crippen LogP contribution in [-0.4, -0.2) is 23.9 Å². The summed E-state index contributed by atoms with van der Waals surface area (Å²) in [7, 11) is 0. The van der Waals surface area contributed by atoms with Crippen molar-refractivity contribution in [3.63, 3.8) is 0 Å². The number of carbonyl (C=O) groups is 1. The molecule has 1 fully saturated rings. The van der Waals surface area contributed by atoms with Crippen molar-refractivity contribution in [2.24, 2.45) is 5.92 Å². The Kier molecular flexibility index (Phi) is 4.19. The number of carbonyl (C=O) groups excluding carboxylic acids is 1. The molecular weight excluding hydrogens is 224 g/mol. The molecule has 0 spiro atoms. The lowest BCUT2D eigenvalue weighted by Gasteiger charge is -2.16. The standard InChI is InChI=1S/C12H16N2O.ClH/c1-9-6-7-14(8-9)12(15)10-4-2-3-5-11(10)13;/h2-5,9H,6-8,13H2,1H3;1H. The third-order valence-corrected chi connectivity index (χ3v) is 2.90. The van der Waals surface area contributed by atoms with E-state index in [0.717, 1.165) is 19.5 Å². The first-order valence-corrected chi connectivity index (χ1v) is 5.32. The number of halogens is 1. The van der Waals surface area contributed by atoms with Gasteiger partial charge in [0.1, 0.15) is 0 Å². The van der Waals surface area contributed by atoms with Crippen LogP contribution in [0.25, 0.3) is 0 Å². The van der Waals surface area contributed by atoms with Crippen LogP contribution in [0.3, 0.4) is 0 Å². The van der Waals surface area contributed by atoms with E-state index in [0.29, 0.717) is 17.2 Å². The van der Waals surface area contributed by atoms with Crippen molar-refractivity contribution >= 4 is 24.0 Å². The van der Waals surface area contributed by atoms with E-state index < -0.39 is 0 Å². The predicted molar refractivity (Wildman–Crippen MR) is 67.8 cm³/mol. The molecule has 0 saturated carbocycles. The van der Waals surface area contributed by atoms with Crippen molar-refractivity contribution in [3.05, 3.63) is 29.8 Å². The Morgan fingerprint density at radius 1 is 1.44 bits per heavy atom. The van der Waals surface area contributed by atoms with Gasteiger partial charge in [0, 0.05) is 18.8 Å². The van der Waals surface area contributed by atoms with Crippen LogP contribution < -0.4 is 5.73 Å². The Labute approximate surface area is 102 Å². The molecule has 1 heterocycles. The van der Waals surface area contributed by atoms with Gasteiger partial charge in [-0.15, -0.1) is 12.4 Å². The van der Waals surface area contributed by atoms with Crippen LogP contribution in [-0.2, 0) is 0 Å². The van der Waals surface area contributed by atoms with Crippen molar-refractivity contribution in [1.29, 1.82) is 0 Å². The molecular formula is C12H17ClN2O. The fourth-order valence-corrected chi connectivity index (χ4v) is 1.98. The molecule has 0 aliphatic carbocycles. The highest BCUT2D eigenvalue weighted by Crippen LogP contribution is 2.20. The maximum Gasteiger partial charge on any atom is 0.255 e. The molecule has 16 heavy (non-hydrogen) atoms. The maximum atomic E-state index is 12.1. The summed E-state index contributed by atoms with van der Waals surface area (Å²) in [5.41, 5.74) is 6.98. The molecule has 0 aromatic heterocycles. The predicted octanol–water partition coefficient (Wildman–Crippen LogP) is 2.17. The van der Waals surface area contributed by atoms with Crippen LogP contribution in [0, 0.1) is 5.92 Å². The zero-order chi connectivity index (χ0) is 10.8. The van der Waals surface area contributed by atoms with Gasteiger partial charge in [0.25, 0.3) is 5.91 Å². The number of likely N-dealkylation sites (tertiary alicyclic amines) is 1. The third-order valence-electron chi connectivity index (χ3n) is 2.90. The number of rotatable bonds is 1. The van der Waals surface area contributed by atoms with E-state index in [-0.39, 0.29) is 18.3 Å². The molecule has 2 rings (SSSR count). The highest BCUT2D eigenvalue weighted by molar-refractivity contribution is 5.99. The van der Waals surface area contributed by atoms with Crippen LogP contribution >= 0.6 is 12.4 Å². The minimum absolute atomic E-state index is 0. The lowest BCUT2D eigenvalue weighted by Crippen LogP contribution is -2.29. The van der Waals surface area contributed by atoms with E-state index in [4.69, 9.17) is 5.73 Å². The van der Waals surface area contributed by atoms with Gasteiger partial charge in [0.2, 0.25) is 0 Å². The van der Waals surface area contributed by atoms with Crippen molar-refractivity contribution in [3.8, 4) is 0 Å². The molecule has 0 bridgehead atoms. The first kappa shape index (κ1) is 12.8. The van der Waals surface area contributed by atoms with Gasteiger partial charge >= 0.3 is 0 Å². The highest BCUT2D eigenvalue weighted by Gasteiger charge is 2.24. The summed E-state index contributed by atoms with van der Waals surface area (Å²) in [4.78, 5) is 13.9. The number of anilines is 1. The van der Waals surface area contributed by atoms with Crippen molar-refractivity contribution in [2.45, 2.75) is 13.3 Å². The Hall–Kier alpha value is -1.22. The van der Waals surface area contributed by atoms with E-state index in [1.54, 1.807) is 12.1 Å². The van der Waals surface area contributed by atoms with Gasteiger partial charge in [-0.1, -0.05) is 19.1 Å². The summed E-state index contributed by atoms with van der Waals surface area (Å²) >= 11 is 0. The molecule has 3 nitrogen and oxygen atoms in total. The Morgan fingerprint density at radius 3 is 2.69 bits per heavy atom. The summed E-state index contributed by atoms with van der Waals surface area (Å²) in [5, 5.41) is 0. The normalized spacial score (nSPS) is 19.3. The number of nitrogen functional groups attached to an aromatic ring is 1. The molecule has 1 aromatic rings. The fraction of sp³-hybridized carbons (Fsp3) is 0.417. The van der Waals surface area contributed by atoms with Gasteiger partial charge in [-0.05, 0) is 24.5 Å². The summed E-state index contributed by atoms with van der Waals surface area (Å²) in [5.74, 6) is 0.677. The van der Waals surface area contributed by atoms with Gasteiger partial charge in [-0.3, -0.25) is 4.79 Å². The average Bonchev–Trinajstić information content (AvgIpc) is 2.65. The van der Waals surface area contributed by atoms with Crippen LogP contribution in [0.15, 0.2) is 24.3 Å². The zero-order valence-corrected chi connectivity index (χ0v) is 10.2. The first-order valence-electron chi connectivity index (χ1n) is 5.32. The summed E-state index contributed by atoms with van der Waals surface area (Å²) < 4.78 is 0. The third kappa shape index (κ3) is 2.47. The number of benzene rings is 1. The van der Waals surface area contributed by atoms with Gasteiger partial charge in [-0.25, -0.2) is 0 Å². The topological polar surface area (TPSA) is 46.3 Å². The summed E-state index contributed by atoms with van der Waals surface area (Å²) in [6.07, 6.45) is 1.10. The average molecular weight is 241 g/mol. The number of amides is 1. The highest BCUT2D eigenvalue weighted by atomic mass is 35.5. The first-order chi connectivity index (χ1) is 7.18. The fourth-order valence-electron chi connectivity index (χ4n) is 1.98. The van der Waals surface area contributed by atoms with Crippen LogP contribution in [0.5, 0.6) is 0 Å². The van der Waals surface area contributed by atoms with Crippen LogP contribution in [0.4, 0.5) is 5.69 Å². The summed E-state index contributed by atoms with van der Waals surface area (Å²) in [6.45, 7) is 3.88. The molecule has 1 unspecified atom stereocenters. The van der Waals surface area contributed by atoms with E-state index >= 15 is 0 Å². The monoisotopic (exact) mass is 240 g/mol. The summed E-state index contributed by atoms with van der Waals surface area (Å²) in [6, 6.07) is 7.26. The number of para-hydroxylation sites is 1. The molecule has 0 radical (unpaired) electrons. The van der Waals surface area contributed by atoms with Gasteiger partial charge in [-0.2, -0.15) is 0 Å². The quantitative estimate of drug-likeness (QED) is 0.765.